The van der Waals surface area contributed by atoms with Crippen LogP contribution in [0.15, 0.2) is 5.16 Å². The van der Waals surface area contributed by atoms with E-state index in [0.29, 0.717) is 19.3 Å². The molecule has 0 aromatic heterocycles. The van der Waals surface area contributed by atoms with Crippen LogP contribution in [0, 0.1) is 5.92 Å². The molecule has 2 fully saturated rings. The predicted molar refractivity (Wildman–Crippen MR) is 74.1 cm³/mol. The number of carbonyl (C=O) groups excluding carboxylic acids is 1. The first-order valence-electron chi connectivity index (χ1n) is 6.89. The molecule has 0 spiro atoms. The maximum atomic E-state index is 12.3. The van der Waals surface area contributed by atoms with Gasteiger partial charge in [0, 0.05) is 0 Å². The number of oxime groups is 1. The lowest BCUT2D eigenvalue weighted by Crippen LogP contribution is -2.59. The molecule has 1 aliphatic heterocycles. The van der Waals surface area contributed by atoms with Gasteiger partial charge in [-0.05, 0) is 19.3 Å². The molecule has 0 bridgehead atoms. The molecule has 0 aromatic carbocycles. The van der Waals surface area contributed by atoms with E-state index in [4.69, 9.17) is 10.9 Å². The van der Waals surface area contributed by atoms with Crippen LogP contribution in [0.4, 0.5) is 0 Å². The minimum Gasteiger partial charge on any atom is -0.409 e. The highest BCUT2D eigenvalue weighted by Crippen LogP contribution is 2.29. The van der Waals surface area contributed by atoms with Crippen molar-refractivity contribution in [2.24, 2.45) is 16.8 Å². The third kappa shape index (κ3) is 3.05. The molecule has 1 saturated heterocycles. The zero-order valence-electron chi connectivity index (χ0n) is 11.3. The average Bonchev–Trinajstić information content (AvgIpc) is 2.79. The molecule has 1 saturated carbocycles. The molecule has 2 rings (SSSR count). The highest BCUT2D eigenvalue weighted by atomic mass is 32.2. The van der Waals surface area contributed by atoms with Gasteiger partial charge in [0.05, 0.1) is 17.4 Å². The molecule has 1 aliphatic carbocycles. The van der Waals surface area contributed by atoms with E-state index in [2.05, 4.69) is 10.5 Å². The maximum Gasteiger partial charge on any atom is 0.224 e. The van der Waals surface area contributed by atoms with Crippen molar-refractivity contribution >= 4 is 21.6 Å². The van der Waals surface area contributed by atoms with E-state index in [9.17, 15) is 13.2 Å². The van der Waals surface area contributed by atoms with Gasteiger partial charge in [0.1, 0.15) is 5.54 Å². The summed E-state index contributed by atoms with van der Waals surface area (Å²) in [6.07, 6.45) is 4.41. The number of rotatable bonds is 3. The number of nitrogens with zero attached hydrogens (tertiary/aromatic N) is 1. The Kier molecular flexibility index (Phi) is 4.22. The summed E-state index contributed by atoms with van der Waals surface area (Å²) < 4.78 is 22.9. The van der Waals surface area contributed by atoms with Crippen molar-refractivity contribution < 1.29 is 18.4 Å². The third-order valence-corrected chi connectivity index (χ3v) is 6.04. The van der Waals surface area contributed by atoms with E-state index < -0.39 is 21.3 Å². The minimum atomic E-state index is -3.10. The van der Waals surface area contributed by atoms with E-state index in [1.807, 2.05) is 0 Å². The fraction of sp³-hybridized carbons (Fsp3) is 0.833. The molecule has 2 aliphatic rings. The van der Waals surface area contributed by atoms with Crippen molar-refractivity contribution in [3.63, 3.8) is 0 Å². The largest absolute Gasteiger partial charge is 0.409 e. The second-order valence-corrected chi connectivity index (χ2v) is 7.95. The number of nitrogens with two attached hydrogens (primary N) is 1. The maximum absolute atomic E-state index is 12.3. The monoisotopic (exact) mass is 303 g/mol. The molecule has 8 heteroatoms. The van der Waals surface area contributed by atoms with Crippen LogP contribution in [0.5, 0.6) is 0 Å². The van der Waals surface area contributed by atoms with Crippen molar-refractivity contribution in [2.75, 3.05) is 11.5 Å². The minimum absolute atomic E-state index is 0.00593. The summed E-state index contributed by atoms with van der Waals surface area (Å²) in [6.45, 7) is 0. The van der Waals surface area contributed by atoms with Gasteiger partial charge in [-0.15, -0.1) is 0 Å². The van der Waals surface area contributed by atoms with Crippen molar-refractivity contribution in [3.8, 4) is 0 Å². The normalized spacial score (nSPS) is 29.0. The highest BCUT2D eigenvalue weighted by molar-refractivity contribution is 7.91. The molecule has 1 atom stereocenters. The Bertz CT molecular complexity index is 509. The Labute approximate surface area is 118 Å². The molecular weight excluding hydrogens is 282 g/mol. The SMILES string of the molecule is NC(=NO)C1(NC(=O)C2CCS(=O)(=O)C2)CCCCC1. The van der Waals surface area contributed by atoms with Gasteiger partial charge in [-0.25, -0.2) is 8.42 Å². The molecule has 1 amide bonds. The Hall–Kier alpha value is -1.31. The van der Waals surface area contributed by atoms with E-state index in [0.717, 1.165) is 19.3 Å². The molecule has 1 heterocycles. The van der Waals surface area contributed by atoms with E-state index in [-0.39, 0.29) is 23.2 Å². The van der Waals surface area contributed by atoms with Gasteiger partial charge < -0.3 is 16.3 Å². The van der Waals surface area contributed by atoms with Gasteiger partial charge in [0.15, 0.2) is 15.7 Å². The zero-order valence-corrected chi connectivity index (χ0v) is 12.2. The lowest BCUT2D eigenvalue weighted by Gasteiger charge is -2.37. The first kappa shape index (κ1) is 15.1. The first-order chi connectivity index (χ1) is 9.38. The Balaban J connectivity index is 2.10. The molecular formula is C12H21N3O4S. The van der Waals surface area contributed by atoms with Gasteiger partial charge in [0.2, 0.25) is 5.91 Å². The van der Waals surface area contributed by atoms with Crippen LogP contribution < -0.4 is 11.1 Å². The number of amides is 1. The predicted octanol–water partition coefficient (Wildman–Crippen LogP) is -0.0134. The Morgan fingerprint density at radius 1 is 1.30 bits per heavy atom. The Morgan fingerprint density at radius 3 is 2.45 bits per heavy atom. The van der Waals surface area contributed by atoms with E-state index in [1.54, 1.807) is 0 Å². The zero-order chi connectivity index (χ0) is 14.8. The Morgan fingerprint density at radius 2 is 1.95 bits per heavy atom. The summed E-state index contributed by atoms with van der Waals surface area (Å²) in [5.41, 5.74) is 4.93. The van der Waals surface area contributed by atoms with E-state index >= 15 is 0 Å². The second-order valence-electron chi connectivity index (χ2n) is 5.72. The second kappa shape index (κ2) is 5.59. The standard InChI is InChI=1S/C12H21N3O4S/c13-11(15-17)12(5-2-1-3-6-12)14-10(16)9-4-7-20(18,19)8-9/h9,17H,1-8H2,(H2,13,15)(H,14,16). The third-order valence-electron chi connectivity index (χ3n) is 4.27. The number of nitrogens with one attached hydrogen (secondary N) is 1. The van der Waals surface area contributed by atoms with Crippen LogP contribution in [0.3, 0.4) is 0 Å². The number of hydrogen-bond donors (Lipinski definition) is 3. The summed E-state index contributed by atoms with van der Waals surface area (Å²) in [6, 6.07) is 0. The number of carbonyl (C=O) groups is 1. The summed E-state index contributed by atoms with van der Waals surface area (Å²) in [7, 11) is -3.10. The van der Waals surface area contributed by atoms with Crippen LogP contribution in [-0.2, 0) is 14.6 Å². The molecule has 0 aromatic rings. The van der Waals surface area contributed by atoms with Crippen LogP contribution in [0.25, 0.3) is 0 Å². The highest BCUT2D eigenvalue weighted by Gasteiger charge is 2.41. The summed E-state index contributed by atoms with van der Waals surface area (Å²) in [5.74, 6) is -0.872. The number of sulfone groups is 1. The van der Waals surface area contributed by atoms with E-state index in [1.165, 1.54) is 0 Å². The van der Waals surface area contributed by atoms with Gasteiger partial charge in [0.25, 0.3) is 0 Å². The first-order valence-corrected chi connectivity index (χ1v) is 8.71. The molecule has 0 radical (unpaired) electrons. The van der Waals surface area contributed by atoms with Gasteiger partial charge in [-0.2, -0.15) is 0 Å². The van der Waals surface area contributed by atoms with Crippen LogP contribution >= 0.6 is 0 Å². The lowest BCUT2D eigenvalue weighted by atomic mass is 9.80. The van der Waals surface area contributed by atoms with Crippen LogP contribution in [0.1, 0.15) is 38.5 Å². The summed E-state index contributed by atoms with van der Waals surface area (Å²) in [4.78, 5) is 12.3. The van der Waals surface area contributed by atoms with Gasteiger partial charge in [-0.3, -0.25) is 4.79 Å². The molecule has 20 heavy (non-hydrogen) atoms. The smallest absolute Gasteiger partial charge is 0.224 e. The quantitative estimate of drug-likeness (QED) is 0.293. The lowest BCUT2D eigenvalue weighted by molar-refractivity contribution is -0.125. The number of amidine groups is 1. The number of hydrogen-bond acceptors (Lipinski definition) is 5. The van der Waals surface area contributed by atoms with Crippen molar-refractivity contribution in [1.29, 1.82) is 0 Å². The fourth-order valence-corrected chi connectivity index (χ4v) is 4.78. The van der Waals surface area contributed by atoms with Gasteiger partial charge >= 0.3 is 0 Å². The molecule has 1 unspecified atom stereocenters. The fourth-order valence-electron chi connectivity index (χ4n) is 3.04. The van der Waals surface area contributed by atoms with Crippen LogP contribution in [-0.4, -0.2) is 42.4 Å². The topological polar surface area (TPSA) is 122 Å². The molecule has 4 N–H and O–H groups in total. The van der Waals surface area contributed by atoms with Crippen molar-refractivity contribution in [2.45, 2.75) is 44.1 Å². The average molecular weight is 303 g/mol. The molecule has 114 valence electrons. The summed E-state index contributed by atoms with van der Waals surface area (Å²) >= 11 is 0. The van der Waals surface area contributed by atoms with Crippen LogP contribution in [0.2, 0.25) is 0 Å². The summed E-state index contributed by atoms with van der Waals surface area (Å²) in [5, 5.41) is 14.8. The van der Waals surface area contributed by atoms with Crippen molar-refractivity contribution in [3.05, 3.63) is 0 Å². The van der Waals surface area contributed by atoms with Crippen molar-refractivity contribution in [1.82, 2.24) is 5.32 Å². The van der Waals surface area contributed by atoms with Gasteiger partial charge in [-0.1, -0.05) is 24.4 Å². The molecule has 7 nitrogen and oxygen atoms in total.